The van der Waals surface area contributed by atoms with Gasteiger partial charge in [-0.25, -0.2) is 4.79 Å². The summed E-state index contributed by atoms with van der Waals surface area (Å²) in [5.74, 6) is 1.08. The van der Waals surface area contributed by atoms with E-state index in [1.807, 2.05) is 31.2 Å². The van der Waals surface area contributed by atoms with Gasteiger partial charge in [-0.2, -0.15) is 0 Å². The van der Waals surface area contributed by atoms with Crippen molar-refractivity contribution in [3.8, 4) is 5.75 Å². The van der Waals surface area contributed by atoms with Gasteiger partial charge in [0, 0.05) is 13.1 Å². The highest BCUT2D eigenvalue weighted by molar-refractivity contribution is 5.73. The molecule has 2 atom stereocenters. The molecule has 1 aromatic carbocycles. The van der Waals surface area contributed by atoms with Crippen LogP contribution in [0.4, 0.5) is 4.79 Å². The molecule has 0 bridgehead atoms. The van der Waals surface area contributed by atoms with Crippen LogP contribution in [0.25, 0.3) is 0 Å². The first kappa shape index (κ1) is 17.3. The summed E-state index contributed by atoms with van der Waals surface area (Å²) in [6.45, 7) is 4.90. The number of nitrogens with one attached hydrogen (secondary N) is 2. The van der Waals surface area contributed by atoms with Gasteiger partial charge in [0.05, 0.1) is 13.2 Å². The Morgan fingerprint density at radius 2 is 2.10 bits per heavy atom. The van der Waals surface area contributed by atoms with Crippen molar-refractivity contribution in [1.82, 2.24) is 10.6 Å². The lowest BCUT2D eigenvalue weighted by Gasteiger charge is -2.14. The van der Waals surface area contributed by atoms with Gasteiger partial charge in [0.2, 0.25) is 0 Å². The van der Waals surface area contributed by atoms with E-state index in [0.29, 0.717) is 19.5 Å². The standard InChI is InChI=1S/C16H26N2O3/c1-12(9-13(2)19)11-18-16(20)17-8-7-14-5-4-6-15(10-14)21-3/h4-6,10,12-13,19H,7-9,11H2,1-3H3,(H2,17,18,20). The highest BCUT2D eigenvalue weighted by Gasteiger charge is 2.07. The molecule has 2 unspecified atom stereocenters. The van der Waals surface area contributed by atoms with Crippen LogP contribution >= 0.6 is 0 Å². The summed E-state index contributed by atoms with van der Waals surface area (Å²) in [5, 5.41) is 14.9. The second kappa shape index (κ2) is 9.23. The fraction of sp³-hybridized carbons (Fsp3) is 0.562. The van der Waals surface area contributed by atoms with Crippen molar-refractivity contribution in [3.63, 3.8) is 0 Å². The molecule has 0 saturated heterocycles. The fourth-order valence-electron chi connectivity index (χ4n) is 2.14. The van der Waals surface area contributed by atoms with Crippen LogP contribution in [-0.2, 0) is 6.42 Å². The summed E-state index contributed by atoms with van der Waals surface area (Å²) in [4.78, 5) is 11.6. The summed E-state index contributed by atoms with van der Waals surface area (Å²) in [6.07, 6.45) is 1.11. The van der Waals surface area contributed by atoms with Crippen molar-refractivity contribution in [2.45, 2.75) is 32.8 Å². The van der Waals surface area contributed by atoms with Gasteiger partial charge >= 0.3 is 6.03 Å². The second-order valence-electron chi connectivity index (χ2n) is 5.43. The quantitative estimate of drug-likeness (QED) is 0.686. The van der Waals surface area contributed by atoms with E-state index in [1.54, 1.807) is 14.0 Å². The SMILES string of the molecule is COc1cccc(CCNC(=O)NCC(C)CC(C)O)c1. The van der Waals surface area contributed by atoms with Crippen molar-refractivity contribution in [2.24, 2.45) is 5.92 Å². The second-order valence-corrected chi connectivity index (χ2v) is 5.43. The lowest BCUT2D eigenvalue weighted by Crippen LogP contribution is -2.39. The third kappa shape index (κ3) is 7.56. The normalized spacial score (nSPS) is 13.3. The lowest BCUT2D eigenvalue weighted by molar-refractivity contribution is 0.163. The molecule has 5 heteroatoms. The highest BCUT2D eigenvalue weighted by atomic mass is 16.5. The number of carbonyl (C=O) groups is 1. The first-order valence-corrected chi connectivity index (χ1v) is 7.34. The average molecular weight is 294 g/mol. The molecule has 21 heavy (non-hydrogen) atoms. The summed E-state index contributed by atoms with van der Waals surface area (Å²) in [5.41, 5.74) is 1.12. The van der Waals surface area contributed by atoms with E-state index in [-0.39, 0.29) is 18.1 Å². The molecule has 2 amide bonds. The lowest BCUT2D eigenvalue weighted by atomic mass is 10.1. The molecule has 3 N–H and O–H groups in total. The van der Waals surface area contributed by atoms with E-state index in [4.69, 9.17) is 4.74 Å². The molecule has 5 nitrogen and oxygen atoms in total. The van der Waals surface area contributed by atoms with Crippen molar-refractivity contribution in [3.05, 3.63) is 29.8 Å². The summed E-state index contributed by atoms with van der Waals surface area (Å²) < 4.78 is 5.16. The minimum Gasteiger partial charge on any atom is -0.497 e. The Hall–Kier alpha value is -1.75. The Morgan fingerprint density at radius 1 is 1.33 bits per heavy atom. The molecule has 1 rings (SSSR count). The first-order chi connectivity index (χ1) is 10.0. The van der Waals surface area contributed by atoms with Crippen molar-refractivity contribution >= 4 is 6.03 Å². The third-order valence-electron chi connectivity index (χ3n) is 3.19. The first-order valence-electron chi connectivity index (χ1n) is 7.34. The average Bonchev–Trinajstić information content (AvgIpc) is 2.44. The molecule has 0 aromatic heterocycles. The molecule has 1 aromatic rings. The van der Waals surface area contributed by atoms with Crippen LogP contribution in [0.15, 0.2) is 24.3 Å². The Balaban J connectivity index is 2.21. The Labute approximate surface area is 126 Å². The number of benzene rings is 1. The van der Waals surface area contributed by atoms with Gasteiger partial charge in [0.1, 0.15) is 5.75 Å². The fourth-order valence-corrected chi connectivity index (χ4v) is 2.14. The maximum absolute atomic E-state index is 11.6. The van der Waals surface area contributed by atoms with E-state index < -0.39 is 0 Å². The Bertz CT molecular complexity index is 435. The molecule has 0 fully saturated rings. The molecule has 0 radical (unpaired) electrons. The van der Waals surface area contributed by atoms with E-state index in [2.05, 4.69) is 10.6 Å². The predicted octanol–water partition coefficient (Wildman–Crippen LogP) is 1.94. The van der Waals surface area contributed by atoms with Crippen LogP contribution in [0.1, 0.15) is 25.8 Å². The van der Waals surface area contributed by atoms with Crippen molar-refractivity contribution in [1.29, 1.82) is 0 Å². The van der Waals surface area contributed by atoms with Crippen molar-refractivity contribution < 1.29 is 14.6 Å². The molecule has 0 heterocycles. The number of methoxy groups -OCH3 is 1. The van der Waals surface area contributed by atoms with Crippen LogP contribution in [0.5, 0.6) is 5.75 Å². The van der Waals surface area contributed by atoms with Crippen LogP contribution in [0.3, 0.4) is 0 Å². The maximum atomic E-state index is 11.6. The number of amides is 2. The molecular weight excluding hydrogens is 268 g/mol. The molecule has 118 valence electrons. The van der Waals surface area contributed by atoms with Crippen molar-refractivity contribution in [2.75, 3.05) is 20.2 Å². The predicted molar refractivity (Wildman–Crippen MR) is 83.6 cm³/mol. The smallest absolute Gasteiger partial charge is 0.314 e. The van der Waals surface area contributed by atoms with Crippen LogP contribution < -0.4 is 15.4 Å². The van der Waals surface area contributed by atoms with Gasteiger partial charge < -0.3 is 20.5 Å². The van der Waals surface area contributed by atoms with Crippen LogP contribution in [0, 0.1) is 5.92 Å². The summed E-state index contributed by atoms with van der Waals surface area (Å²) >= 11 is 0. The van der Waals surface area contributed by atoms with Gasteiger partial charge in [-0.3, -0.25) is 0 Å². The van der Waals surface area contributed by atoms with Gasteiger partial charge in [-0.15, -0.1) is 0 Å². The highest BCUT2D eigenvalue weighted by Crippen LogP contribution is 2.12. The molecule has 0 aliphatic heterocycles. The van der Waals surface area contributed by atoms with E-state index in [9.17, 15) is 9.90 Å². The topological polar surface area (TPSA) is 70.6 Å². The molecule has 0 saturated carbocycles. The minimum absolute atomic E-state index is 0.171. The number of urea groups is 1. The van der Waals surface area contributed by atoms with Gasteiger partial charge in [0.25, 0.3) is 0 Å². The number of hydrogen-bond donors (Lipinski definition) is 3. The third-order valence-corrected chi connectivity index (χ3v) is 3.19. The number of aliphatic hydroxyl groups is 1. The Morgan fingerprint density at radius 3 is 2.76 bits per heavy atom. The van der Waals surface area contributed by atoms with Gasteiger partial charge in [-0.05, 0) is 43.4 Å². The van der Waals surface area contributed by atoms with Gasteiger partial charge in [-0.1, -0.05) is 19.1 Å². The number of ether oxygens (including phenoxy) is 1. The summed E-state index contributed by atoms with van der Waals surface area (Å²) in [7, 11) is 1.64. The zero-order valence-corrected chi connectivity index (χ0v) is 13.1. The number of carbonyl (C=O) groups excluding carboxylic acids is 1. The number of aliphatic hydroxyl groups excluding tert-OH is 1. The molecule has 0 spiro atoms. The van der Waals surface area contributed by atoms with E-state index in [1.165, 1.54) is 0 Å². The molecule has 0 aliphatic carbocycles. The van der Waals surface area contributed by atoms with Crippen LogP contribution in [-0.4, -0.2) is 37.4 Å². The van der Waals surface area contributed by atoms with Crippen LogP contribution in [0.2, 0.25) is 0 Å². The molecule has 0 aliphatic rings. The zero-order valence-electron chi connectivity index (χ0n) is 13.1. The largest absolute Gasteiger partial charge is 0.497 e. The maximum Gasteiger partial charge on any atom is 0.314 e. The van der Waals surface area contributed by atoms with E-state index >= 15 is 0 Å². The minimum atomic E-state index is -0.335. The number of rotatable bonds is 8. The number of hydrogen-bond acceptors (Lipinski definition) is 3. The monoisotopic (exact) mass is 294 g/mol. The summed E-state index contributed by atoms with van der Waals surface area (Å²) in [6, 6.07) is 7.63. The molecular formula is C16H26N2O3. The Kier molecular flexibility index (Phi) is 7.61. The zero-order chi connectivity index (χ0) is 15.7. The van der Waals surface area contributed by atoms with E-state index in [0.717, 1.165) is 17.7 Å². The van der Waals surface area contributed by atoms with Gasteiger partial charge in [0.15, 0.2) is 0 Å².